The molecule has 1 amide bonds. The SMILES string of the molecule is CC(CNC(=O)c1cc2c(F)cccc2[nH]1)N1CCOCC1C. The van der Waals surface area contributed by atoms with Crippen LogP contribution in [-0.2, 0) is 4.74 Å². The van der Waals surface area contributed by atoms with E-state index in [2.05, 4.69) is 29.0 Å². The number of carbonyl (C=O) groups is 1. The number of benzene rings is 1. The van der Waals surface area contributed by atoms with Crippen LogP contribution in [0.3, 0.4) is 0 Å². The molecule has 2 N–H and O–H groups in total. The van der Waals surface area contributed by atoms with E-state index < -0.39 is 0 Å². The Kier molecular flexibility index (Phi) is 4.63. The van der Waals surface area contributed by atoms with Crippen molar-refractivity contribution in [1.82, 2.24) is 15.2 Å². The average Bonchev–Trinajstić information content (AvgIpc) is 2.98. The Hall–Kier alpha value is -1.92. The predicted octanol–water partition coefficient (Wildman–Crippen LogP) is 2.15. The van der Waals surface area contributed by atoms with Crippen LogP contribution in [0.1, 0.15) is 24.3 Å². The Balaban J connectivity index is 1.63. The molecule has 2 unspecified atom stereocenters. The largest absolute Gasteiger partial charge is 0.379 e. The molecular formula is C17H22FN3O2. The minimum Gasteiger partial charge on any atom is -0.379 e. The molecule has 1 aromatic carbocycles. The first-order valence-electron chi connectivity index (χ1n) is 7.95. The zero-order valence-electron chi connectivity index (χ0n) is 13.4. The summed E-state index contributed by atoms with van der Waals surface area (Å²) in [5.74, 6) is -0.540. The van der Waals surface area contributed by atoms with E-state index in [1.807, 2.05) is 0 Å². The molecule has 5 nitrogen and oxygen atoms in total. The lowest BCUT2D eigenvalue weighted by Gasteiger charge is -2.37. The van der Waals surface area contributed by atoms with Crippen molar-refractivity contribution in [3.05, 3.63) is 35.8 Å². The quantitative estimate of drug-likeness (QED) is 0.908. The highest BCUT2D eigenvalue weighted by molar-refractivity contribution is 5.98. The molecule has 2 aromatic rings. The number of H-pyrrole nitrogens is 1. The van der Waals surface area contributed by atoms with E-state index in [9.17, 15) is 9.18 Å². The summed E-state index contributed by atoms with van der Waals surface area (Å²) in [4.78, 5) is 17.6. The van der Waals surface area contributed by atoms with Crippen molar-refractivity contribution in [3.63, 3.8) is 0 Å². The molecule has 1 aromatic heterocycles. The van der Waals surface area contributed by atoms with Gasteiger partial charge in [0.1, 0.15) is 11.5 Å². The van der Waals surface area contributed by atoms with Crippen LogP contribution in [0, 0.1) is 5.82 Å². The van der Waals surface area contributed by atoms with Gasteiger partial charge in [-0.15, -0.1) is 0 Å². The van der Waals surface area contributed by atoms with Gasteiger partial charge >= 0.3 is 0 Å². The predicted molar refractivity (Wildman–Crippen MR) is 87.0 cm³/mol. The summed E-state index contributed by atoms with van der Waals surface area (Å²) < 4.78 is 19.1. The van der Waals surface area contributed by atoms with Crippen LogP contribution >= 0.6 is 0 Å². The smallest absolute Gasteiger partial charge is 0.267 e. The van der Waals surface area contributed by atoms with E-state index in [-0.39, 0.29) is 17.8 Å². The summed E-state index contributed by atoms with van der Waals surface area (Å²) in [5.41, 5.74) is 1.01. The molecule has 23 heavy (non-hydrogen) atoms. The number of halogens is 1. The Morgan fingerprint density at radius 2 is 2.39 bits per heavy atom. The molecule has 1 aliphatic heterocycles. The number of hydrogen-bond donors (Lipinski definition) is 2. The monoisotopic (exact) mass is 319 g/mol. The van der Waals surface area contributed by atoms with Gasteiger partial charge in [0.2, 0.25) is 0 Å². The van der Waals surface area contributed by atoms with Crippen molar-refractivity contribution in [2.45, 2.75) is 25.9 Å². The fraction of sp³-hybridized carbons (Fsp3) is 0.471. The fourth-order valence-corrected chi connectivity index (χ4v) is 3.09. The van der Waals surface area contributed by atoms with Gasteiger partial charge in [-0.3, -0.25) is 9.69 Å². The number of nitrogens with zero attached hydrogens (tertiary/aromatic N) is 1. The summed E-state index contributed by atoms with van der Waals surface area (Å²) in [5, 5.41) is 3.36. The fourth-order valence-electron chi connectivity index (χ4n) is 3.09. The standard InChI is InChI=1S/C17H22FN3O2/c1-11(21-6-7-23-10-12(21)2)9-19-17(22)16-8-13-14(18)4-3-5-15(13)20-16/h3-5,8,11-12,20H,6-7,9-10H2,1-2H3,(H,19,22). The maximum atomic E-state index is 13.7. The van der Waals surface area contributed by atoms with E-state index in [1.54, 1.807) is 18.2 Å². The summed E-state index contributed by atoms with van der Waals surface area (Å²) in [6, 6.07) is 6.89. The molecule has 0 spiro atoms. The first-order chi connectivity index (χ1) is 11.1. The molecule has 1 aliphatic rings. The van der Waals surface area contributed by atoms with Crippen molar-refractivity contribution in [2.24, 2.45) is 0 Å². The lowest BCUT2D eigenvalue weighted by atomic mass is 10.2. The van der Waals surface area contributed by atoms with E-state index in [4.69, 9.17) is 4.74 Å². The third kappa shape index (κ3) is 3.38. The molecule has 0 bridgehead atoms. The van der Waals surface area contributed by atoms with Crippen LogP contribution in [0.2, 0.25) is 0 Å². The molecule has 0 radical (unpaired) electrons. The first-order valence-corrected chi connectivity index (χ1v) is 7.95. The van der Waals surface area contributed by atoms with E-state index >= 15 is 0 Å². The lowest BCUT2D eigenvalue weighted by Crippen LogP contribution is -2.51. The van der Waals surface area contributed by atoms with Crippen LogP contribution in [0.15, 0.2) is 24.3 Å². The molecule has 2 heterocycles. The van der Waals surface area contributed by atoms with E-state index in [1.165, 1.54) is 6.07 Å². The van der Waals surface area contributed by atoms with Crippen molar-refractivity contribution in [1.29, 1.82) is 0 Å². The van der Waals surface area contributed by atoms with Gasteiger partial charge in [0.15, 0.2) is 0 Å². The number of amides is 1. The molecule has 0 saturated carbocycles. The lowest BCUT2D eigenvalue weighted by molar-refractivity contribution is -0.0178. The zero-order chi connectivity index (χ0) is 16.4. The van der Waals surface area contributed by atoms with Gasteiger partial charge in [0, 0.05) is 36.1 Å². The number of ether oxygens (including phenoxy) is 1. The van der Waals surface area contributed by atoms with Crippen molar-refractivity contribution in [2.75, 3.05) is 26.3 Å². The van der Waals surface area contributed by atoms with Gasteiger partial charge in [0.05, 0.1) is 13.2 Å². The van der Waals surface area contributed by atoms with Crippen molar-refractivity contribution < 1.29 is 13.9 Å². The number of carbonyl (C=O) groups excluding carboxylic acids is 1. The molecular weight excluding hydrogens is 297 g/mol. The molecule has 1 saturated heterocycles. The Labute approximate surface area is 134 Å². The normalized spacial score (nSPS) is 20.6. The number of hydrogen-bond acceptors (Lipinski definition) is 3. The molecule has 124 valence electrons. The van der Waals surface area contributed by atoms with Crippen molar-refractivity contribution >= 4 is 16.8 Å². The minimum absolute atomic E-state index is 0.214. The third-order valence-electron chi connectivity index (χ3n) is 4.40. The number of morpholine rings is 1. The molecule has 2 atom stereocenters. The number of fused-ring (bicyclic) bond motifs is 1. The summed E-state index contributed by atoms with van der Waals surface area (Å²) in [7, 11) is 0. The molecule has 3 rings (SSSR count). The molecule has 0 aliphatic carbocycles. The number of aromatic amines is 1. The van der Waals surface area contributed by atoms with Crippen LogP contribution in [0.5, 0.6) is 0 Å². The zero-order valence-corrected chi connectivity index (χ0v) is 13.4. The van der Waals surface area contributed by atoms with Gasteiger partial charge in [0.25, 0.3) is 5.91 Å². The van der Waals surface area contributed by atoms with E-state index in [0.29, 0.717) is 29.2 Å². The Morgan fingerprint density at radius 3 is 3.13 bits per heavy atom. The second-order valence-corrected chi connectivity index (χ2v) is 6.10. The van der Waals surface area contributed by atoms with Crippen molar-refractivity contribution in [3.8, 4) is 0 Å². The minimum atomic E-state index is -0.326. The Bertz CT molecular complexity index is 700. The number of rotatable bonds is 4. The Morgan fingerprint density at radius 1 is 1.57 bits per heavy atom. The molecule has 6 heteroatoms. The third-order valence-corrected chi connectivity index (χ3v) is 4.40. The van der Waals surface area contributed by atoms with Gasteiger partial charge in [-0.05, 0) is 32.0 Å². The maximum absolute atomic E-state index is 13.7. The van der Waals surface area contributed by atoms with Crippen LogP contribution in [0.25, 0.3) is 10.9 Å². The van der Waals surface area contributed by atoms with Crippen LogP contribution < -0.4 is 5.32 Å². The number of aromatic nitrogens is 1. The summed E-state index contributed by atoms with van der Waals surface area (Å²) in [6.45, 7) is 7.07. The number of nitrogens with one attached hydrogen (secondary N) is 2. The van der Waals surface area contributed by atoms with Gasteiger partial charge in [-0.25, -0.2) is 4.39 Å². The second kappa shape index (κ2) is 6.68. The maximum Gasteiger partial charge on any atom is 0.267 e. The summed E-state index contributed by atoms with van der Waals surface area (Å²) in [6.07, 6.45) is 0. The second-order valence-electron chi connectivity index (χ2n) is 6.10. The van der Waals surface area contributed by atoms with Gasteiger partial charge in [-0.2, -0.15) is 0 Å². The van der Waals surface area contributed by atoms with Crippen LogP contribution in [0.4, 0.5) is 4.39 Å². The average molecular weight is 319 g/mol. The van der Waals surface area contributed by atoms with Gasteiger partial charge < -0.3 is 15.0 Å². The summed E-state index contributed by atoms with van der Waals surface area (Å²) >= 11 is 0. The molecule has 1 fully saturated rings. The highest BCUT2D eigenvalue weighted by atomic mass is 19.1. The topological polar surface area (TPSA) is 57.4 Å². The highest BCUT2D eigenvalue weighted by Gasteiger charge is 2.24. The highest BCUT2D eigenvalue weighted by Crippen LogP contribution is 2.18. The van der Waals surface area contributed by atoms with Crippen LogP contribution in [-0.4, -0.2) is 54.2 Å². The first kappa shape index (κ1) is 16.0. The van der Waals surface area contributed by atoms with Gasteiger partial charge in [-0.1, -0.05) is 6.07 Å². The van der Waals surface area contributed by atoms with E-state index in [0.717, 1.165) is 19.8 Å².